The summed E-state index contributed by atoms with van der Waals surface area (Å²) in [6.45, 7) is 4.13. The van der Waals surface area contributed by atoms with Gasteiger partial charge in [0.1, 0.15) is 6.61 Å². The lowest BCUT2D eigenvalue weighted by Crippen LogP contribution is -2.28. The zero-order valence-electron chi connectivity index (χ0n) is 38.4. The Labute approximate surface area is 355 Å². The van der Waals surface area contributed by atoms with E-state index in [4.69, 9.17) is 9.47 Å². The van der Waals surface area contributed by atoms with E-state index in [-0.39, 0.29) is 25.2 Å². The number of aliphatic hydroxyl groups excluding tert-OH is 1. The van der Waals surface area contributed by atoms with Crippen LogP contribution in [0.4, 0.5) is 0 Å². The first-order chi connectivity index (χ1) is 28.1. The molecule has 57 heavy (non-hydrogen) atoms. The number of carbonyl (C=O) groups excluding carboxylic acids is 2. The highest BCUT2D eigenvalue weighted by atomic mass is 16.6. The fourth-order valence-electron chi connectivity index (χ4n) is 7.61. The Bertz CT molecular complexity index is 867. The number of ether oxygens (including phenoxy) is 2. The largest absolute Gasteiger partial charge is 0.462 e. The molecule has 1 N–H and O–H groups in total. The van der Waals surface area contributed by atoms with Gasteiger partial charge < -0.3 is 14.6 Å². The van der Waals surface area contributed by atoms with Gasteiger partial charge in [0, 0.05) is 12.8 Å². The first-order valence-electron chi connectivity index (χ1n) is 25.4. The summed E-state index contributed by atoms with van der Waals surface area (Å²) < 4.78 is 10.6. The van der Waals surface area contributed by atoms with Gasteiger partial charge in [-0.25, -0.2) is 0 Å². The third-order valence-corrected chi connectivity index (χ3v) is 11.5. The third kappa shape index (κ3) is 46.9. The SMILES string of the molecule is CCCCC/C=C\CCCCCCCC(=O)OCC(CO)OC(=O)CCCCCCCCCCCCCCCCCCCCC/C=C\CCCCCCCCCC. The summed E-state index contributed by atoms with van der Waals surface area (Å²) in [7, 11) is 0. The molecule has 0 heterocycles. The molecule has 0 aromatic carbocycles. The summed E-state index contributed by atoms with van der Waals surface area (Å²) in [5, 5.41) is 9.59. The third-order valence-electron chi connectivity index (χ3n) is 11.5. The van der Waals surface area contributed by atoms with Crippen molar-refractivity contribution in [2.75, 3.05) is 13.2 Å². The molecule has 0 fully saturated rings. The Morgan fingerprint density at radius 3 is 0.982 bits per heavy atom. The second-order valence-electron chi connectivity index (χ2n) is 17.2. The Balaban J connectivity index is 3.40. The summed E-state index contributed by atoms with van der Waals surface area (Å²) in [4.78, 5) is 24.3. The van der Waals surface area contributed by atoms with Gasteiger partial charge in [0.05, 0.1) is 6.61 Å². The summed E-state index contributed by atoms with van der Waals surface area (Å²) in [5.41, 5.74) is 0. The maximum atomic E-state index is 12.2. The molecule has 0 saturated carbocycles. The number of aliphatic hydroxyl groups is 1. The highest BCUT2D eigenvalue weighted by Gasteiger charge is 2.16. The lowest BCUT2D eigenvalue weighted by Gasteiger charge is -2.15. The highest BCUT2D eigenvalue weighted by molar-refractivity contribution is 5.70. The van der Waals surface area contributed by atoms with Gasteiger partial charge in [-0.1, -0.05) is 224 Å². The molecule has 0 spiro atoms. The molecule has 0 aliphatic heterocycles. The lowest BCUT2D eigenvalue weighted by molar-refractivity contribution is -0.161. The van der Waals surface area contributed by atoms with Gasteiger partial charge in [0.25, 0.3) is 0 Å². The molecule has 0 amide bonds. The van der Waals surface area contributed by atoms with E-state index >= 15 is 0 Å². The molecule has 0 aromatic heterocycles. The van der Waals surface area contributed by atoms with E-state index < -0.39 is 6.10 Å². The minimum Gasteiger partial charge on any atom is -0.462 e. The number of hydrogen-bond acceptors (Lipinski definition) is 5. The summed E-state index contributed by atoms with van der Waals surface area (Å²) >= 11 is 0. The van der Waals surface area contributed by atoms with Gasteiger partial charge in [-0.3, -0.25) is 9.59 Å². The first-order valence-corrected chi connectivity index (χ1v) is 25.4. The van der Waals surface area contributed by atoms with Crippen LogP contribution in [0.15, 0.2) is 24.3 Å². The van der Waals surface area contributed by atoms with Crippen LogP contribution in [0, 0.1) is 0 Å². The molecular formula is C52H98O5. The number of hydrogen-bond donors (Lipinski definition) is 1. The zero-order chi connectivity index (χ0) is 41.4. The van der Waals surface area contributed by atoms with Crippen LogP contribution in [-0.4, -0.2) is 36.4 Å². The minimum absolute atomic E-state index is 0.0656. The van der Waals surface area contributed by atoms with Crippen LogP contribution < -0.4 is 0 Å². The lowest BCUT2D eigenvalue weighted by atomic mass is 10.0. The van der Waals surface area contributed by atoms with Crippen LogP contribution in [0.2, 0.25) is 0 Å². The smallest absolute Gasteiger partial charge is 0.306 e. The van der Waals surface area contributed by atoms with Crippen LogP contribution in [0.5, 0.6) is 0 Å². The van der Waals surface area contributed by atoms with Crippen molar-refractivity contribution in [1.82, 2.24) is 0 Å². The van der Waals surface area contributed by atoms with Crippen molar-refractivity contribution in [3.05, 3.63) is 24.3 Å². The van der Waals surface area contributed by atoms with Gasteiger partial charge in [-0.2, -0.15) is 0 Å². The van der Waals surface area contributed by atoms with E-state index in [2.05, 4.69) is 38.2 Å². The number of unbranched alkanes of at least 4 members (excludes halogenated alkanes) is 35. The molecule has 336 valence electrons. The fraction of sp³-hybridized carbons (Fsp3) is 0.885. The van der Waals surface area contributed by atoms with E-state index in [1.165, 1.54) is 205 Å². The molecule has 1 unspecified atom stereocenters. The Morgan fingerprint density at radius 2 is 0.649 bits per heavy atom. The minimum atomic E-state index is -0.770. The van der Waals surface area contributed by atoms with Crippen molar-refractivity contribution < 1.29 is 24.2 Å². The van der Waals surface area contributed by atoms with Crippen LogP contribution in [0.1, 0.15) is 277 Å². The Hall–Kier alpha value is -1.62. The molecule has 0 bridgehead atoms. The maximum Gasteiger partial charge on any atom is 0.306 e. The van der Waals surface area contributed by atoms with E-state index in [9.17, 15) is 14.7 Å². The normalized spacial score (nSPS) is 12.3. The zero-order valence-corrected chi connectivity index (χ0v) is 38.4. The van der Waals surface area contributed by atoms with E-state index in [1.807, 2.05) is 0 Å². The van der Waals surface area contributed by atoms with Gasteiger partial charge in [0.2, 0.25) is 0 Å². The summed E-state index contributed by atoms with van der Waals surface area (Å²) in [6, 6.07) is 0. The predicted molar refractivity (Wildman–Crippen MR) is 247 cm³/mol. The molecule has 5 heteroatoms. The molecule has 1 atom stereocenters. The van der Waals surface area contributed by atoms with Crippen LogP contribution in [0.25, 0.3) is 0 Å². The van der Waals surface area contributed by atoms with Crippen molar-refractivity contribution in [2.24, 2.45) is 0 Å². The van der Waals surface area contributed by atoms with Gasteiger partial charge in [-0.05, 0) is 64.2 Å². The standard InChI is InChI=1S/C52H98O5/c1-3-5-7-9-11-13-15-17-18-19-20-21-22-23-24-25-26-27-28-29-30-31-32-33-34-35-37-39-41-43-45-47-52(55)57-50(48-53)49-56-51(54)46-44-42-40-38-36-16-14-12-10-8-6-4-2/h12,14,19-20,50,53H,3-11,13,15-18,21-49H2,1-2H3/b14-12-,20-19-. The number of allylic oxidation sites excluding steroid dienone is 4. The summed E-state index contributed by atoms with van der Waals surface area (Å²) in [6.07, 6.45) is 60.1. The number of carbonyl (C=O) groups is 2. The molecule has 0 rings (SSSR count). The van der Waals surface area contributed by atoms with E-state index in [0.29, 0.717) is 12.8 Å². The average Bonchev–Trinajstić information content (AvgIpc) is 3.21. The van der Waals surface area contributed by atoms with E-state index in [0.717, 1.165) is 44.9 Å². The number of rotatable bonds is 47. The van der Waals surface area contributed by atoms with Crippen molar-refractivity contribution >= 4 is 11.9 Å². The van der Waals surface area contributed by atoms with Gasteiger partial charge in [-0.15, -0.1) is 0 Å². The van der Waals surface area contributed by atoms with Crippen molar-refractivity contribution in [3.63, 3.8) is 0 Å². The molecule has 0 radical (unpaired) electrons. The van der Waals surface area contributed by atoms with Gasteiger partial charge >= 0.3 is 11.9 Å². The predicted octanol–water partition coefficient (Wildman–Crippen LogP) is 16.6. The van der Waals surface area contributed by atoms with Crippen LogP contribution >= 0.6 is 0 Å². The maximum absolute atomic E-state index is 12.2. The van der Waals surface area contributed by atoms with Crippen LogP contribution in [0.3, 0.4) is 0 Å². The molecule has 0 aromatic rings. The highest BCUT2D eigenvalue weighted by Crippen LogP contribution is 2.16. The fourth-order valence-corrected chi connectivity index (χ4v) is 7.61. The Morgan fingerprint density at radius 1 is 0.386 bits per heavy atom. The van der Waals surface area contributed by atoms with Crippen LogP contribution in [-0.2, 0) is 19.1 Å². The number of esters is 2. The quantitative estimate of drug-likeness (QED) is 0.0377. The molecule has 0 aliphatic carbocycles. The first kappa shape index (κ1) is 55.4. The molecular weight excluding hydrogens is 705 g/mol. The van der Waals surface area contributed by atoms with E-state index in [1.54, 1.807) is 0 Å². The van der Waals surface area contributed by atoms with Gasteiger partial charge in [0.15, 0.2) is 6.10 Å². The second-order valence-corrected chi connectivity index (χ2v) is 17.2. The molecule has 0 saturated heterocycles. The molecule has 5 nitrogen and oxygen atoms in total. The monoisotopic (exact) mass is 803 g/mol. The van der Waals surface area contributed by atoms with Crippen molar-refractivity contribution in [2.45, 2.75) is 283 Å². The second kappa shape index (κ2) is 48.7. The topological polar surface area (TPSA) is 72.8 Å². The van der Waals surface area contributed by atoms with Crippen molar-refractivity contribution in [1.29, 1.82) is 0 Å². The van der Waals surface area contributed by atoms with Crippen molar-refractivity contribution in [3.8, 4) is 0 Å². The molecule has 0 aliphatic rings. The Kier molecular flexibility index (Phi) is 47.4. The average molecular weight is 803 g/mol. The summed E-state index contributed by atoms with van der Waals surface area (Å²) in [5.74, 6) is -0.589.